The van der Waals surface area contributed by atoms with E-state index >= 15 is 0 Å². The van der Waals surface area contributed by atoms with E-state index in [1.54, 1.807) is 0 Å². The SMILES string of the molecule is CC1=CC(I)=CC2=C(C1)OCO2. The molecule has 0 bridgehead atoms. The second-order valence-electron chi connectivity index (χ2n) is 2.89. The summed E-state index contributed by atoms with van der Waals surface area (Å²) < 4.78 is 11.8. The number of allylic oxidation sites excluding steroid dienone is 4. The van der Waals surface area contributed by atoms with E-state index in [0.29, 0.717) is 6.79 Å². The smallest absolute Gasteiger partial charge is 0.230 e. The summed E-state index contributed by atoms with van der Waals surface area (Å²) in [6.45, 7) is 2.47. The molecule has 0 N–H and O–H groups in total. The van der Waals surface area contributed by atoms with Gasteiger partial charge in [-0.3, -0.25) is 0 Å². The zero-order chi connectivity index (χ0) is 8.55. The highest BCUT2D eigenvalue weighted by atomic mass is 127. The Kier molecular flexibility index (Phi) is 2.12. The summed E-state index contributed by atoms with van der Waals surface area (Å²) in [4.78, 5) is 0. The van der Waals surface area contributed by atoms with E-state index in [0.717, 1.165) is 17.9 Å². The molecule has 2 nitrogen and oxygen atoms in total. The van der Waals surface area contributed by atoms with Crippen molar-refractivity contribution in [3.8, 4) is 0 Å². The summed E-state index contributed by atoms with van der Waals surface area (Å²) in [7, 11) is 0. The van der Waals surface area contributed by atoms with Gasteiger partial charge in [0.2, 0.25) is 6.79 Å². The lowest BCUT2D eigenvalue weighted by molar-refractivity contribution is 0.0729. The van der Waals surface area contributed by atoms with Crippen LogP contribution in [0.3, 0.4) is 0 Å². The van der Waals surface area contributed by atoms with Gasteiger partial charge in [0, 0.05) is 10.0 Å². The lowest BCUT2D eigenvalue weighted by Gasteiger charge is -1.99. The second kappa shape index (κ2) is 3.12. The van der Waals surface area contributed by atoms with Crippen LogP contribution in [0, 0.1) is 0 Å². The van der Waals surface area contributed by atoms with Gasteiger partial charge in [-0.05, 0) is 41.7 Å². The van der Waals surface area contributed by atoms with Crippen molar-refractivity contribution in [2.75, 3.05) is 6.79 Å². The largest absolute Gasteiger partial charge is 0.458 e. The fourth-order valence-corrected chi connectivity index (χ4v) is 2.10. The lowest BCUT2D eigenvalue weighted by Crippen LogP contribution is -1.86. The zero-order valence-corrected chi connectivity index (χ0v) is 8.92. The first-order valence-corrected chi connectivity index (χ1v) is 4.87. The van der Waals surface area contributed by atoms with Gasteiger partial charge in [0.05, 0.1) is 0 Å². The predicted octanol–water partition coefficient (Wildman–Crippen LogP) is 2.87. The Labute approximate surface area is 85.1 Å². The molecule has 1 heterocycles. The van der Waals surface area contributed by atoms with Crippen molar-refractivity contribution >= 4 is 22.6 Å². The summed E-state index contributed by atoms with van der Waals surface area (Å²) in [5, 5.41) is 0. The number of ether oxygens (including phenoxy) is 2. The molecule has 0 saturated heterocycles. The molecule has 0 unspecified atom stereocenters. The molecule has 3 heteroatoms. The van der Waals surface area contributed by atoms with Crippen molar-refractivity contribution < 1.29 is 9.47 Å². The van der Waals surface area contributed by atoms with Gasteiger partial charge in [0.15, 0.2) is 5.76 Å². The molecule has 1 aliphatic carbocycles. The average molecular weight is 276 g/mol. The Morgan fingerprint density at radius 2 is 2.17 bits per heavy atom. The monoisotopic (exact) mass is 276 g/mol. The highest BCUT2D eigenvalue weighted by Crippen LogP contribution is 2.30. The Bertz CT molecular complexity index is 300. The molecule has 0 saturated carbocycles. The van der Waals surface area contributed by atoms with Crippen LogP contribution < -0.4 is 0 Å². The molecule has 0 aromatic carbocycles. The van der Waals surface area contributed by atoms with Crippen LogP contribution in [0.25, 0.3) is 0 Å². The molecule has 2 rings (SSSR count). The minimum atomic E-state index is 0.373. The minimum absolute atomic E-state index is 0.373. The van der Waals surface area contributed by atoms with E-state index in [1.165, 1.54) is 9.15 Å². The first-order valence-electron chi connectivity index (χ1n) is 3.79. The van der Waals surface area contributed by atoms with Gasteiger partial charge in [-0.15, -0.1) is 0 Å². The maximum atomic E-state index is 5.32. The third-order valence-corrected chi connectivity index (χ3v) is 2.44. The van der Waals surface area contributed by atoms with Crippen molar-refractivity contribution in [2.45, 2.75) is 13.3 Å². The molecule has 0 amide bonds. The zero-order valence-electron chi connectivity index (χ0n) is 6.76. The van der Waals surface area contributed by atoms with Crippen LogP contribution in [0.2, 0.25) is 0 Å². The third-order valence-electron chi connectivity index (χ3n) is 1.82. The molecule has 1 aliphatic heterocycles. The minimum Gasteiger partial charge on any atom is -0.458 e. The highest BCUT2D eigenvalue weighted by molar-refractivity contribution is 14.1. The van der Waals surface area contributed by atoms with Crippen molar-refractivity contribution in [3.05, 3.63) is 32.8 Å². The number of hydrogen-bond acceptors (Lipinski definition) is 2. The van der Waals surface area contributed by atoms with Gasteiger partial charge in [-0.25, -0.2) is 0 Å². The standard InChI is InChI=1S/C9H9IO2/c1-6-2-7(10)4-9-8(3-6)11-5-12-9/h2,4H,3,5H2,1H3. The topological polar surface area (TPSA) is 18.5 Å². The summed E-state index contributed by atoms with van der Waals surface area (Å²) in [6.07, 6.45) is 5.03. The normalized spacial score (nSPS) is 21.8. The third kappa shape index (κ3) is 1.50. The van der Waals surface area contributed by atoms with Crippen molar-refractivity contribution in [1.29, 1.82) is 0 Å². The van der Waals surface area contributed by atoms with E-state index in [2.05, 4.69) is 35.6 Å². The Morgan fingerprint density at radius 1 is 1.33 bits per heavy atom. The molecule has 12 heavy (non-hydrogen) atoms. The molecule has 0 aromatic heterocycles. The van der Waals surface area contributed by atoms with Gasteiger partial charge in [0.1, 0.15) is 5.76 Å². The fraction of sp³-hybridized carbons (Fsp3) is 0.333. The van der Waals surface area contributed by atoms with Gasteiger partial charge in [0.25, 0.3) is 0 Å². The number of rotatable bonds is 0. The van der Waals surface area contributed by atoms with Gasteiger partial charge in [-0.1, -0.05) is 5.57 Å². The predicted molar refractivity (Wildman–Crippen MR) is 54.5 cm³/mol. The Morgan fingerprint density at radius 3 is 3.00 bits per heavy atom. The summed E-state index contributed by atoms with van der Waals surface area (Å²) in [6, 6.07) is 0. The van der Waals surface area contributed by atoms with Crippen molar-refractivity contribution in [2.24, 2.45) is 0 Å². The van der Waals surface area contributed by atoms with E-state index in [9.17, 15) is 0 Å². The molecular formula is C9H9IO2. The molecule has 0 radical (unpaired) electrons. The van der Waals surface area contributed by atoms with Crippen molar-refractivity contribution in [1.82, 2.24) is 0 Å². The van der Waals surface area contributed by atoms with Crippen LogP contribution >= 0.6 is 22.6 Å². The van der Waals surface area contributed by atoms with E-state index < -0.39 is 0 Å². The van der Waals surface area contributed by atoms with Crippen LogP contribution in [0.15, 0.2) is 32.8 Å². The Balaban J connectivity index is 2.37. The van der Waals surface area contributed by atoms with E-state index in [4.69, 9.17) is 9.47 Å². The van der Waals surface area contributed by atoms with E-state index in [-0.39, 0.29) is 0 Å². The molecular weight excluding hydrogens is 267 g/mol. The second-order valence-corrected chi connectivity index (χ2v) is 4.14. The summed E-state index contributed by atoms with van der Waals surface area (Å²) in [5.41, 5.74) is 1.31. The maximum absolute atomic E-state index is 5.32. The fourth-order valence-electron chi connectivity index (χ4n) is 1.28. The highest BCUT2D eigenvalue weighted by Gasteiger charge is 2.18. The molecule has 2 aliphatic rings. The molecule has 64 valence electrons. The van der Waals surface area contributed by atoms with Crippen LogP contribution in [0.4, 0.5) is 0 Å². The Hall–Kier alpha value is -0.450. The van der Waals surface area contributed by atoms with Gasteiger partial charge in [-0.2, -0.15) is 0 Å². The molecule has 0 atom stereocenters. The van der Waals surface area contributed by atoms with Crippen LogP contribution in [0.5, 0.6) is 0 Å². The number of hydrogen-bond donors (Lipinski definition) is 0. The average Bonchev–Trinajstić information content (AvgIpc) is 2.31. The first-order chi connectivity index (χ1) is 5.75. The van der Waals surface area contributed by atoms with Gasteiger partial charge < -0.3 is 9.47 Å². The molecule has 0 spiro atoms. The molecule has 0 fully saturated rings. The summed E-state index contributed by atoms with van der Waals surface area (Å²) in [5.74, 6) is 1.86. The van der Waals surface area contributed by atoms with Crippen molar-refractivity contribution in [3.63, 3.8) is 0 Å². The molecule has 0 aromatic rings. The van der Waals surface area contributed by atoms with E-state index in [1.807, 2.05) is 6.08 Å². The summed E-state index contributed by atoms with van der Waals surface area (Å²) >= 11 is 2.29. The number of halogens is 1. The lowest BCUT2D eigenvalue weighted by atomic mass is 10.2. The van der Waals surface area contributed by atoms with Gasteiger partial charge >= 0.3 is 0 Å². The quantitative estimate of drug-likeness (QED) is 0.633. The van der Waals surface area contributed by atoms with Crippen LogP contribution in [0.1, 0.15) is 13.3 Å². The first kappa shape index (κ1) is 8.16. The van der Waals surface area contributed by atoms with Crippen LogP contribution in [-0.4, -0.2) is 6.79 Å². The maximum Gasteiger partial charge on any atom is 0.230 e. The van der Waals surface area contributed by atoms with Crippen LogP contribution in [-0.2, 0) is 9.47 Å².